The lowest BCUT2D eigenvalue weighted by Gasteiger charge is -2.34. The quantitative estimate of drug-likeness (QED) is 0.478. The number of hydrogen-bond donors (Lipinski definition) is 3. The summed E-state index contributed by atoms with van der Waals surface area (Å²) in [5.74, 6) is -0.184. The van der Waals surface area contributed by atoms with Crippen LogP contribution in [-0.2, 0) is 11.3 Å². The third kappa shape index (κ3) is 6.31. The minimum atomic E-state index is -0.474. The average molecular weight is 458 g/mol. The van der Waals surface area contributed by atoms with E-state index in [0.717, 1.165) is 37.1 Å². The van der Waals surface area contributed by atoms with E-state index in [1.165, 1.54) is 0 Å². The first kappa shape index (κ1) is 23.7. The summed E-state index contributed by atoms with van der Waals surface area (Å²) in [6, 6.07) is 26.5. The summed E-state index contributed by atoms with van der Waals surface area (Å²) in [6.07, 6.45) is 1.20. The van der Waals surface area contributed by atoms with Crippen LogP contribution >= 0.6 is 0 Å². The van der Waals surface area contributed by atoms with Crippen LogP contribution in [0, 0.1) is 5.92 Å². The largest absolute Gasteiger partial charge is 0.388 e. The van der Waals surface area contributed by atoms with Crippen molar-refractivity contribution in [1.29, 1.82) is 0 Å². The molecule has 1 aliphatic rings. The van der Waals surface area contributed by atoms with E-state index < -0.39 is 6.10 Å². The number of para-hydroxylation sites is 1. The lowest BCUT2D eigenvalue weighted by molar-refractivity contribution is -0.117. The van der Waals surface area contributed by atoms with Crippen molar-refractivity contribution in [2.24, 2.45) is 5.92 Å². The first-order valence-electron chi connectivity index (χ1n) is 11.8. The Bertz CT molecular complexity index is 1080. The number of carbonyl (C=O) groups is 2. The Morgan fingerprint density at radius 1 is 0.882 bits per heavy atom. The molecule has 176 valence electrons. The number of hydrogen-bond acceptors (Lipinski definition) is 4. The Balaban J connectivity index is 1.28. The lowest BCUT2D eigenvalue weighted by atomic mass is 9.87. The number of benzene rings is 3. The van der Waals surface area contributed by atoms with Crippen LogP contribution in [0.3, 0.4) is 0 Å². The molecule has 0 aromatic heterocycles. The van der Waals surface area contributed by atoms with Crippen molar-refractivity contribution < 1.29 is 14.7 Å². The molecule has 1 saturated heterocycles. The van der Waals surface area contributed by atoms with Crippen LogP contribution in [0.4, 0.5) is 5.69 Å². The Morgan fingerprint density at radius 3 is 2.21 bits per heavy atom. The number of rotatable bonds is 8. The Hall–Kier alpha value is -3.48. The van der Waals surface area contributed by atoms with Gasteiger partial charge in [0.25, 0.3) is 5.91 Å². The maximum atomic E-state index is 12.7. The van der Waals surface area contributed by atoms with Gasteiger partial charge < -0.3 is 15.7 Å². The molecule has 3 N–H and O–H groups in total. The van der Waals surface area contributed by atoms with Gasteiger partial charge in [-0.15, -0.1) is 0 Å². The molecule has 0 radical (unpaired) electrons. The van der Waals surface area contributed by atoms with Gasteiger partial charge in [-0.2, -0.15) is 0 Å². The predicted molar refractivity (Wildman–Crippen MR) is 133 cm³/mol. The van der Waals surface area contributed by atoms with Crippen molar-refractivity contribution >= 4 is 17.5 Å². The van der Waals surface area contributed by atoms with E-state index in [0.29, 0.717) is 17.8 Å². The summed E-state index contributed by atoms with van der Waals surface area (Å²) in [5, 5.41) is 16.5. The zero-order chi connectivity index (χ0) is 23.8. The molecule has 6 heteroatoms. The smallest absolute Gasteiger partial charge is 0.253 e. The summed E-state index contributed by atoms with van der Waals surface area (Å²) >= 11 is 0. The number of amides is 2. The van der Waals surface area contributed by atoms with E-state index in [9.17, 15) is 14.7 Å². The molecule has 34 heavy (non-hydrogen) atoms. The van der Waals surface area contributed by atoms with Gasteiger partial charge in [0.1, 0.15) is 0 Å². The second-order valence-corrected chi connectivity index (χ2v) is 8.73. The number of aliphatic hydroxyl groups is 1. The van der Waals surface area contributed by atoms with Gasteiger partial charge in [-0.25, -0.2) is 0 Å². The van der Waals surface area contributed by atoms with Crippen molar-refractivity contribution in [3.05, 3.63) is 102 Å². The second kappa shape index (κ2) is 11.6. The fourth-order valence-electron chi connectivity index (χ4n) is 4.41. The van der Waals surface area contributed by atoms with Crippen LogP contribution in [0.2, 0.25) is 0 Å². The fourth-order valence-corrected chi connectivity index (χ4v) is 4.41. The highest BCUT2D eigenvalue weighted by molar-refractivity contribution is 6.04. The fraction of sp³-hybridized carbons (Fsp3) is 0.286. The number of likely N-dealkylation sites (tertiary alicyclic amines) is 1. The number of anilines is 1. The van der Waals surface area contributed by atoms with Crippen LogP contribution < -0.4 is 10.6 Å². The number of aliphatic hydroxyl groups excluding tert-OH is 1. The molecule has 1 atom stereocenters. The zero-order valence-electron chi connectivity index (χ0n) is 19.2. The summed E-state index contributed by atoms with van der Waals surface area (Å²) in [4.78, 5) is 27.6. The molecule has 0 saturated carbocycles. The molecule has 1 heterocycles. The molecular weight excluding hydrogens is 426 g/mol. The minimum absolute atomic E-state index is 0.148. The van der Waals surface area contributed by atoms with Crippen molar-refractivity contribution in [2.75, 3.05) is 25.0 Å². The molecule has 1 aliphatic heterocycles. The van der Waals surface area contributed by atoms with Gasteiger partial charge in [0.15, 0.2) is 0 Å². The summed E-state index contributed by atoms with van der Waals surface area (Å²) in [5.41, 5.74) is 2.91. The van der Waals surface area contributed by atoms with E-state index in [4.69, 9.17) is 0 Å². The predicted octanol–water partition coefficient (Wildman–Crippen LogP) is 4.00. The van der Waals surface area contributed by atoms with Gasteiger partial charge in [0.2, 0.25) is 5.91 Å². The van der Waals surface area contributed by atoms with Crippen LogP contribution in [0.1, 0.15) is 40.4 Å². The SMILES string of the molecule is O=C(CN1CCC(C(O)c2ccccc2)CC1)Nc1ccccc1C(=O)NCc1ccccc1. The molecule has 6 nitrogen and oxygen atoms in total. The third-order valence-corrected chi connectivity index (χ3v) is 6.33. The van der Waals surface area contributed by atoms with Gasteiger partial charge in [-0.1, -0.05) is 72.8 Å². The zero-order valence-corrected chi connectivity index (χ0v) is 19.2. The van der Waals surface area contributed by atoms with Gasteiger partial charge in [0.05, 0.1) is 23.9 Å². The van der Waals surface area contributed by atoms with E-state index in [-0.39, 0.29) is 24.3 Å². The first-order chi connectivity index (χ1) is 16.6. The Morgan fingerprint density at radius 2 is 1.50 bits per heavy atom. The topological polar surface area (TPSA) is 81.7 Å². The highest BCUT2D eigenvalue weighted by atomic mass is 16.3. The van der Waals surface area contributed by atoms with Gasteiger partial charge in [0, 0.05) is 6.54 Å². The summed E-state index contributed by atoms with van der Waals surface area (Å²) in [6.45, 7) is 2.18. The summed E-state index contributed by atoms with van der Waals surface area (Å²) in [7, 11) is 0. The van der Waals surface area contributed by atoms with E-state index in [1.54, 1.807) is 24.3 Å². The Labute approximate surface area is 200 Å². The van der Waals surface area contributed by atoms with E-state index >= 15 is 0 Å². The van der Waals surface area contributed by atoms with Gasteiger partial charge in [-0.3, -0.25) is 14.5 Å². The van der Waals surface area contributed by atoms with Crippen LogP contribution in [-0.4, -0.2) is 41.5 Å². The second-order valence-electron chi connectivity index (χ2n) is 8.73. The maximum absolute atomic E-state index is 12.7. The molecule has 0 bridgehead atoms. The van der Waals surface area contributed by atoms with Gasteiger partial charge >= 0.3 is 0 Å². The molecular formula is C28H31N3O3. The highest BCUT2D eigenvalue weighted by Crippen LogP contribution is 2.30. The monoisotopic (exact) mass is 457 g/mol. The normalized spacial score (nSPS) is 15.4. The molecule has 4 rings (SSSR count). The van der Waals surface area contributed by atoms with Crippen molar-refractivity contribution in [2.45, 2.75) is 25.5 Å². The maximum Gasteiger partial charge on any atom is 0.253 e. The van der Waals surface area contributed by atoms with Crippen molar-refractivity contribution in [3.63, 3.8) is 0 Å². The number of piperidine rings is 1. The van der Waals surface area contributed by atoms with E-state index in [2.05, 4.69) is 15.5 Å². The van der Waals surface area contributed by atoms with Crippen LogP contribution in [0.5, 0.6) is 0 Å². The van der Waals surface area contributed by atoms with Crippen molar-refractivity contribution in [1.82, 2.24) is 10.2 Å². The number of carbonyl (C=O) groups excluding carboxylic acids is 2. The van der Waals surface area contributed by atoms with E-state index in [1.807, 2.05) is 60.7 Å². The number of nitrogens with zero attached hydrogens (tertiary/aromatic N) is 1. The Kier molecular flexibility index (Phi) is 8.07. The number of nitrogens with one attached hydrogen (secondary N) is 2. The van der Waals surface area contributed by atoms with Gasteiger partial charge in [-0.05, 0) is 55.1 Å². The molecule has 1 fully saturated rings. The van der Waals surface area contributed by atoms with Crippen molar-refractivity contribution in [3.8, 4) is 0 Å². The molecule has 2 amide bonds. The first-order valence-corrected chi connectivity index (χ1v) is 11.8. The highest BCUT2D eigenvalue weighted by Gasteiger charge is 2.27. The minimum Gasteiger partial charge on any atom is -0.388 e. The molecule has 3 aromatic rings. The average Bonchev–Trinajstić information content (AvgIpc) is 2.89. The molecule has 1 unspecified atom stereocenters. The molecule has 0 spiro atoms. The lowest BCUT2D eigenvalue weighted by Crippen LogP contribution is -2.40. The molecule has 0 aliphatic carbocycles. The van der Waals surface area contributed by atoms with Crippen LogP contribution in [0.15, 0.2) is 84.9 Å². The molecule has 3 aromatic carbocycles. The summed E-state index contributed by atoms with van der Waals surface area (Å²) < 4.78 is 0. The van der Waals surface area contributed by atoms with Crippen LogP contribution in [0.25, 0.3) is 0 Å². The third-order valence-electron chi connectivity index (χ3n) is 6.33. The standard InChI is InChI=1S/C28H31N3O3/c32-26(20-31-17-15-23(16-18-31)27(33)22-11-5-2-6-12-22)30-25-14-8-7-13-24(25)28(34)29-19-21-9-3-1-4-10-21/h1-14,23,27,33H,15-20H2,(H,29,34)(H,30,32).